The summed E-state index contributed by atoms with van der Waals surface area (Å²) in [5.74, 6) is 0. The first-order chi connectivity index (χ1) is 10.2. The van der Waals surface area contributed by atoms with Crippen LogP contribution < -0.4 is 5.32 Å². The van der Waals surface area contributed by atoms with Crippen molar-refractivity contribution in [2.24, 2.45) is 0 Å². The molecule has 0 aliphatic carbocycles. The second-order valence-electron chi connectivity index (χ2n) is 5.29. The maximum absolute atomic E-state index is 5.91. The van der Waals surface area contributed by atoms with Crippen LogP contribution >= 0.6 is 11.6 Å². The number of benzene rings is 2. The summed E-state index contributed by atoms with van der Waals surface area (Å²) in [6.07, 6.45) is 2.84. The van der Waals surface area contributed by atoms with E-state index in [1.54, 1.807) is 0 Å². The number of pyridine rings is 1. The molecule has 3 rings (SSSR count). The average molecular weight is 297 g/mol. The fourth-order valence-corrected chi connectivity index (χ4v) is 2.59. The van der Waals surface area contributed by atoms with Crippen molar-refractivity contribution in [3.05, 3.63) is 71.4 Å². The molecule has 3 aromatic rings. The Morgan fingerprint density at radius 3 is 2.67 bits per heavy atom. The van der Waals surface area contributed by atoms with E-state index in [2.05, 4.69) is 41.5 Å². The Hall–Kier alpha value is -2.06. The molecule has 2 nitrogen and oxygen atoms in total. The smallest absolute Gasteiger partial charge is 0.0703 e. The fraction of sp³-hybridized carbons (Fsp3) is 0.167. The molecule has 1 aromatic heterocycles. The van der Waals surface area contributed by atoms with Crippen LogP contribution in [-0.4, -0.2) is 11.0 Å². The molecule has 0 aliphatic heterocycles. The molecule has 3 heteroatoms. The predicted molar refractivity (Wildman–Crippen MR) is 90.0 cm³/mol. The highest BCUT2D eigenvalue weighted by atomic mass is 35.5. The predicted octanol–water partition coefficient (Wildman–Crippen LogP) is 4.93. The van der Waals surface area contributed by atoms with Crippen LogP contribution in [0.5, 0.6) is 0 Å². The third-order valence-electron chi connectivity index (χ3n) is 3.46. The zero-order valence-electron chi connectivity index (χ0n) is 11.9. The van der Waals surface area contributed by atoms with Crippen LogP contribution in [0.2, 0.25) is 5.02 Å². The number of para-hydroxylation sites is 1. The van der Waals surface area contributed by atoms with Crippen molar-refractivity contribution in [3.8, 4) is 0 Å². The van der Waals surface area contributed by atoms with Crippen LogP contribution in [0.15, 0.2) is 60.8 Å². The second kappa shape index (κ2) is 6.15. The topological polar surface area (TPSA) is 24.9 Å². The Morgan fingerprint density at radius 1 is 1.10 bits per heavy atom. The average Bonchev–Trinajstić information content (AvgIpc) is 2.49. The standard InChI is InChI=1S/C18H17ClN2/c1-13(10-14-6-8-16(19)9-7-14)21-17-11-15-4-2-3-5-18(15)20-12-17/h2-9,11-13,21H,10H2,1H3. The van der Waals surface area contributed by atoms with Gasteiger partial charge >= 0.3 is 0 Å². The normalized spacial score (nSPS) is 12.3. The lowest BCUT2D eigenvalue weighted by atomic mass is 10.1. The van der Waals surface area contributed by atoms with Crippen molar-refractivity contribution in [3.63, 3.8) is 0 Å². The van der Waals surface area contributed by atoms with Crippen LogP contribution in [0.3, 0.4) is 0 Å². The van der Waals surface area contributed by atoms with E-state index in [1.165, 1.54) is 5.56 Å². The minimum absolute atomic E-state index is 0.328. The molecule has 0 bridgehead atoms. The quantitative estimate of drug-likeness (QED) is 0.738. The monoisotopic (exact) mass is 296 g/mol. The first kappa shape index (κ1) is 13.9. The first-order valence-corrected chi connectivity index (χ1v) is 7.44. The molecule has 0 spiro atoms. The van der Waals surface area contributed by atoms with E-state index in [0.29, 0.717) is 6.04 Å². The number of nitrogens with zero attached hydrogens (tertiary/aromatic N) is 1. The largest absolute Gasteiger partial charge is 0.381 e. The third-order valence-corrected chi connectivity index (χ3v) is 3.71. The molecule has 0 saturated carbocycles. The van der Waals surface area contributed by atoms with Crippen molar-refractivity contribution >= 4 is 28.2 Å². The summed E-state index contributed by atoms with van der Waals surface area (Å²) in [6.45, 7) is 2.17. The highest BCUT2D eigenvalue weighted by Gasteiger charge is 2.05. The Kier molecular flexibility index (Phi) is 4.07. The molecule has 1 atom stereocenters. The molecule has 2 aromatic carbocycles. The number of anilines is 1. The van der Waals surface area contributed by atoms with Gasteiger partial charge < -0.3 is 5.32 Å². The van der Waals surface area contributed by atoms with Gasteiger partial charge in [-0.1, -0.05) is 41.9 Å². The molecule has 1 heterocycles. The Balaban J connectivity index is 1.70. The Labute approximate surface area is 129 Å². The molecule has 0 fully saturated rings. The van der Waals surface area contributed by atoms with E-state index < -0.39 is 0 Å². The third kappa shape index (κ3) is 3.53. The van der Waals surface area contributed by atoms with Crippen molar-refractivity contribution in [2.75, 3.05) is 5.32 Å². The fourth-order valence-electron chi connectivity index (χ4n) is 2.46. The summed E-state index contributed by atoms with van der Waals surface area (Å²) in [6, 6.07) is 18.6. The SMILES string of the molecule is CC(Cc1ccc(Cl)cc1)Nc1cnc2ccccc2c1. The van der Waals surface area contributed by atoms with Gasteiger partial charge in [0.1, 0.15) is 0 Å². The van der Waals surface area contributed by atoms with Gasteiger partial charge in [-0.3, -0.25) is 4.98 Å². The van der Waals surface area contributed by atoms with Crippen molar-refractivity contribution in [2.45, 2.75) is 19.4 Å². The van der Waals surface area contributed by atoms with E-state index in [9.17, 15) is 0 Å². The molecular weight excluding hydrogens is 280 g/mol. The van der Waals surface area contributed by atoms with E-state index in [4.69, 9.17) is 11.6 Å². The summed E-state index contributed by atoms with van der Waals surface area (Å²) in [4.78, 5) is 4.47. The number of nitrogens with one attached hydrogen (secondary N) is 1. The molecule has 0 radical (unpaired) electrons. The number of halogens is 1. The van der Waals surface area contributed by atoms with Gasteiger partial charge in [0.25, 0.3) is 0 Å². The van der Waals surface area contributed by atoms with Gasteiger partial charge in [-0.25, -0.2) is 0 Å². The summed E-state index contributed by atoms with van der Waals surface area (Å²) in [7, 11) is 0. The van der Waals surface area contributed by atoms with Crippen LogP contribution in [0.1, 0.15) is 12.5 Å². The number of rotatable bonds is 4. The zero-order valence-corrected chi connectivity index (χ0v) is 12.6. The summed E-state index contributed by atoms with van der Waals surface area (Å²) >= 11 is 5.91. The van der Waals surface area contributed by atoms with E-state index in [0.717, 1.165) is 28.0 Å². The first-order valence-electron chi connectivity index (χ1n) is 7.06. The Bertz CT molecular complexity index is 738. The van der Waals surface area contributed by atoms with E-state index >= 15 is 0 Å². The lowest BCUT2D eigenvalue weighted by molar-refractivity contribution is 0.790. The summed E-state index contributed by atoms with van der Waals surface area (Å²) in [5, 5.41) is 5.43. The van der Waals surface area contributed by atoms with Crippen molar-refractivity contribution < 1.29 is 0 Å². The molecule has 106 valence electrons. The summed E-state index contributed by atoms with van der Waals surface area (Å²) < 4.78 is 0. The number of hydrogen-bond donors (Lipinski definition) is 1. The maximum atomic E-state index is 5.91. The minimum atomic E-state index is 0.328. The van der Waals surface area contributed by atoms with Crippen molar-refractivity contribution in [1.82, 2.24) is 4.98 Å². The maximum Gasteiger partial charge on any atom is 0.0703 e. The lowest BCUT2D eigenvalue weighted by Crippen LogP contribution is -2.18. The van der Waals surface area contributed by atoms with Crippen LogP contribution in [0, 0.1) is 0 Å². The molecule has 0 amide bonds. The molecule has 21 heavy (non-hydrogen) atoms. The van der Waals surface area contributed by atoms with Crippen molar-refractivity contribution in [1.29, 1.82) is 0 Å². The highest BCUT2D eigenvalue weighted by molar-refractivity contribution is 6.30. The van der Waals surface area contributed by atoms with Gasteiger partial charge in [-0.15, -0.1) is 0 Å². The van der Waals surface area contributed by atoms with Gasteiger partial charge in [0, 0.05) is 16.5 Å². The molecule has 1 N–H and O–H groups in total. The van der Waals surface area contributed by atoms with Gasteiger partial charge in [-0.2, -0.15) is 0 Å². The second-order valence-corrected chi connectivity index (χ2v) is 5.73. The van der Waals surface area contributed by atoms with E-state index in [-0.39, 0.29) is 0 Å². The van der Waals surface area contributed by atoms with Gasteiger partial charge in [0.05, 0.1) is 17.4 Å². The number of hydrogen-bond acceptors (Lipinski definition) is 2. The molecular formula is C18H17ClN2. The molecule has 0 saturated heterocycles. The highest BCUT2D eigenvalue weighted by Crippen LogP contribution is 2.18. The van der Waals surface area contributed by atoms with E-state index in [1.807, 2.05) is 36.5 Å². The number of aromatic nitrogens is 1. The molecule has 1 unspecified atom stereocenters. The zero-order chi connectivity index (χ0) is 14.7. The van der Waals surface area contributed by atoms with Gasteiger partial charge in [-0.05, 0) is 43.2 Å². The Morgan fingerprint density at radius 2 is 1.86 bits per heavy atom. The van der Waals surface area contributed by atoms with Crippen LogP contribution in [-0.2, 0) is 6.42 Å². The van der Waals surface area contributed by atoms with Crippen LogP contribution in [0.4, 0.5) is 5.69 Å². The number of fused-ring (bicyclic) bond motifs is 1. The van der Waals surface area contributed by atoms with Gasteiger partial charge in [0.15, 0.2) is 0 Å². The lowest BCUT2D eigenvalue weighted by Gasteiger charge is -2.15. The van der Waals surface area contributed by atoms with Gasteiger partial charge in [0.2, 0.25) is 0 Å². The minimum Gasteiger partial charge on any atom is -0.381 e. The van der Waals surface area contributed by atoms with Crippen LogP contribution in [0.25, 0.3) is 10.9 Å². The summed E-state index contributed by atoms with van der Waals surface area (Å²) in [5.41, 5.74) is 3.34. The molecule has 0 aliphatic rings.